The monoisotopic (exact) mass is 497 g/mol. The number of carbonyl (C=O) groups excluding carboxylic acids is 1. The summed E-state index contributed by atoms with van der Waals surface area (Å²) in [6, 6.07) is 19.7. The molecule has 0 atom stereocenters. The second kappa shape index (κ2) is 12.5. The zero-order valence-corrected chi connectivity index (χ0v) is 21.1. The summed E-state index contributed by atoms with van der Waals surface area (Å²) in [4.78, 5) is 29.8. The fraction of sp³-hybridized carbons (Fsp3) is 0.345. The molecule has 192 valence electrons. The summed E-state index contributed by atoms with van der Waals surface area (Å²) in [5, 5.41) is 7.43. The molecule has 8 heteroatoms. The Kier molecular flexibility index (Phi) is 8.40. The lowest BCUT2D eigenvalue weighted by Crippen LogP contribution is -2.39. The number of hydrogen-bond donors (Lipinski definition) is 4. The van der Waals surface area contributed by atoms with E-state index in [1.807, 2.05) is 24.3 Å². The Morgan fingerprint density at radius 1 is 0.757 bits per heavy atom. The summed E-state index contributed by atoms with van der Waals surface area (Å²) >= 11 is 0. The minimum absolute atomic E-state index is 0.0476. The van der Waals surface area contributed by atoms with Crippen molar-refractivity contribution in [1.82, 2.24) is 35.5 Å². The minimum Gasteiger partial charge on any atom is -0.347 e. The van der Waals surface area contributed by atoms with Crippen molar-refractivity contribution in [3.05, 3.63) is 108 Å². The van der Waals surface area contributed by atoms with Crippen LogP contribution in [0.15, 0.2) is 79.4 Å². The highest BCUT2D eigenvalue weighted by Gasteiger charge is 2.21. The number of imidazole rings is 2. The van der Waals surface area contributed by atoms with Crippen molar-refractivity contribution in [3.8, 4) is 0 Å². The maximum absolute atomic E-state index is 13.3. The standard InChI is InChI=1S/C29H35N7O/c37-29(36(20-27-30-14-15-31-27)21-28-32-16-17-33-28)24-8-6-23(7-9-24)19-35-26-12-10-25(11-13-26)34-18-22-4-2-1-3-5-22/h1-9,14-17,25-26,34-35H,10-13,18-21H2,(H,30,31)(H,32,33). The fourth-order valence-corrected chi connectivity index (χ4v) is 4.90. The number of aromatic amines is 2. The molecular formula is C29H35N7O. The summed E-state index contributed by atoms with van der Waals surface area (Å²) in [7, 11) is 0. The van der Waals surface area contributed by atoms with Crippen molar-refractivity contribution >= 4 is 5.91 Å². The van der Waals surface area contributed by atoms with E-state index in [1.165, 1.54) is 36.8 Å². The van der Waals surface area contributed by atoms with Gasteiger partial charge >= 0.3 is 0 Å². The zero-order valence-electron chi connectivity index (χ0n) is 21.1. The van der Waals surface area contributed by atoms with Crippen molar-refractivity contribution in [2.75, 3.05) is 0 Å². The Morgan fingerprint density at radius 2 is 1.27 bits per heavy atom. The van der Waals surface area contributed by atoms with Gasteiger partial charge in [0.1, 0.15) is 11.6 Å². The van der Waals surface area contributed by atoms with Gasteiger partial charge in [0.15, 0.2) is 0 Å². The molecule has 4 aromatic rings. The number of benzene rings is 2. The van der Waals surface area contributed by atoms with Gasteiger partial charge in [-0.05, 0) is 48.9 Å². The quantitative estimate of drug-likeness (QED) is 0.249. The molecule has 1 saturated carbocycles. The van der Waals surface area contributed by atoms with Crippen molar-refractivity contribution in [2.45, 2.75) is 63.9 Å². The minimum atomic E-state index is -0.0476. The highest BCUT2D eigenvalue weighted by molar-refractivity contribution is 5.94. The molecule has 0 radical (unpaired) electrons. The average Bonchev–Trinajstić information content (AvgIpc) is 3.66. The number of nitrogens with zero attached hydrogens (tertiary/aromatic N) is 3. The Bertz CT molecular complexity index is 1160. The van der Waals surface area contributed by atoms with Crippen LogP contribution < -0.4 is 10.6 Å². The van der Waals surface area contributed by atoms with Crippen LogP contribution >= 0.6 is 0 Å². The number of aromatic nitrogens is 4. The van der Waals surface area contributed by atoms with Crippen LogP contribution in [-0.2, 0) is 26.2 Å². The first-order valence-electron chi connectivity index (χ1n) is 13.1. The molecule has 0 bridgehead atoms. The molecule has 0 saturated heterocycles. The largest absolute Gasteiger partial charge is 0.347 e. The van der Waals surface area contributed by atoms with E-state index in [1.54, 1.807) is 29.7 Å². The first-order chi connectivity index (χ1) is 18.2. The summed E-state index contributed by atoms with van der Waals surface area (Å²) < 4.78 is 0. The summed E-state index contributed by atoms with van der Waals surface area (Å²) in [6.45, 7) is 2.52. The molecule has 1 aliphatic carbocycles. The molecule has 0 spiro atoms. The number of rotatable bonds is 11. The third-order valence-electron chi connectivity index (χ3n) is 7.04. The van der Waals surface area contributed by atoms with Gasteiger partial charge in [-0.15, -0.1) is 0 Å². The van der Waals surface area contributed by atoms with Gasteiger partial charge in [-0.2, -0.15) is 0 Å². The number of H-pyrrole nitrogens is 2. The van der Waals surface area contributed by atoms with Crippen LogP contribution in [0.5, 0.6) is 0 Å². The van der Waals surface area contributed by atoms with E-state index in [2.05, 4.69) is 60.9 Å². The lowest BCUT2D eigenvalue weighted by Gasteiger charge is -2.30. The Morgan fingerprint density at radius 3 is 1.76 bits per heavy atom. The van der Waals surface area contributed by atoms with Crippen LogP contribution in [0.4, 0.5) is 0 Å². The third kappa shape index (κ3) is 7.15. The smallest absolute Gasteiger partial charge is 0.254 e. The average molecular weight is 498 g/mol. The van der Waals surface area contributed by atoms with Gasteiger partial charge in [-0.3, -0.25) is 4.79 Å². The molecule has 1 aliphatic rings. The Hall–Kier alpha value is -3.75. The van der Waals surface area contributed by atoms with E-state index in [9.17, 15) is 4.79 Å². The number of carbonyl (C=O) groups is 1. The second-order valence-electron chi connectivity index (χ2n) is 9.73. The van der Waals surface area contributed by atoms with E-state index < -0.39 is 0 Å². The maximum atomic E-state index is 13.3. The maximum Gasteiger partial charge on any atom is 0.254 e. The highest BCUT2D eigenvalue weighted by Crippen LogP contribution is 2.20. The van der Waals surface area contributed by atoms with Gasteiger partial charge in [0.05, 0.1) is 13.1 Å². The molecule has 2 aromatic carbocycles. The number of nitrogens with one attached hydrogen (secondary N) is 4. The second-order valence-corrected chi connectivity index (χ2v) is 9.73. The molecule has 8 nitrogen and oxygen atoms in total. The highest BCUT2D eigenvalue weighted by atomic mass is 16.2. The molecule has 0 unspecified atom stereocenters. The van der Waals surface area contributed by atoms with Crippen LogP contribution in [0.25, 0.3) is 0 Å². The Balaban J connectivity index is 1.09. The van der Waals surface area contributed by atoms with Crippen LogP contribution in [0, 0.1) is 0 Å². The normalized spacial score (nSPS) is 17.5. The molecule has 5 rings (SSSR count). The lowest BCUT2D eigenvalue weighted by molar-refractivity contribution is 0.0721. The van der Waals surface area contributed by atoms with Crippen LogP contribution in [0.1, 0.15) is 58.8 Å². The summed E-state index contributed by atoms with van der Waals surface area (Å²) in [5.41, 5.74) is 3.19. The molecule has 1 fully saturated rings. The van der Waals surface area contributed by atoms with E-state index in [0.717, 1.165) is 24.7 Å². The van der Waals surface area contributed by atoms with Crippen molar-refractivity contribution in [2.24, 2.45) is 0 Å². The van der Waals surface area contributed by atoms with Crippen LogP contribution in [0.2, 0.25) is 0 Å². The molecule has 0 aliphatic heterocycles. The third-order valence-corrected chi connectivity index (χ3v) is 7.04. The first kappa shape index (κ1) is 24.9. The van der Waals surface area contributed by atoms with Crippen LogP contribution in [-0.4, -0.2) is 42.8 Å². The predicted molar refractivity (Wildman–Crippen MR) is 143 cm³/mol. The predicted octanol–water partition coefficient (Wildman–Crippen LogP) is 4.17. The fourth-order valence-electron chi connectivity index (χ4n) is 4.90. The van der Waals surface area contributed by atoms with E-state index in [4.69, 9.17) is 0 Å². The SMILES string of the molecule is O=C(c1ccc(CNC2CCC(NCc3ccccc3)CC2)cc1)N(Cc1ncc[nH]1)Cc1ncc[nH]1. The van der Waals surface area contributed by atoms with Crippen molar-refractivity contribution < 1.29 is 4.79 Å². The molecular weight excluding hydrogens is 462 g/mol. The van der Waals surface area contributed by atoms with Gasteiger partial charge in [0, 0.05) is 55.5 Å². The van der Waals surface area contributed by atoms with E-state index in [0.29, 0.717) is 30.7 Å². The van der Waals surface area contributed by atoms with Crippen LogP contribution in [0.3, 0.4) is 0 Å². The number of amides is 1. The van der Waals surface area contributed by atoms with Gasteiger partial charge in [0.2, 0.25) is 0 Å². The lowest BCUT2D eigenvalue weighted by atomic mass is 9.91. The first-order valence-corrected chi connectivity index (χ1v) is 13.1. The van der Waals surface area contributed by atoms with Crippen molar-refractivity contribution in [3.63, 3.8) is 0 Å². The van der Waals surface area contributed by atoms with Gasteiger partial charge in [0.25, 0.3) is 5.91 Å². The molecule has 1 amide bonds. The number of hydrogen-bond acceptors (Lipinski definition) is 5. The Labute approximate surface area is 217 Å². The van der Waals surface area contributed by atoms with Gasteiger partial charge in [-0.1, -0.05) is 42.5 Å². The summed E-state index contributed by atoms with van der Waals surface area (Å²) in [5.74, 6) is 1.44. The molecule has 2 aromatic heterocycles. The molecule has 2 heterocycles. The molecule has 4 N–H and O–H groups in total. The van der Waals surface area contributed by atoms with Gasteiger partial charge in [-0.25, -0.2) is 9.97 Å². The molecule has 37 heavy (non-hydrogen) atoms. The topological polar surface area (TPSA) is 102 Å². The van der Waals surface area contributed by atoms with Gasteiger partial charge < -0.3 is 25.5 Å². The van der Waals surface area contributed by atoms with Crippen molar-refractivity contribution in [1.29, 1.82) is 0 Å². The van der Waals surface area contributed by atoms with E-state index >= 15 is 0 Å². The zero-order chi connectivity index (χ0) is 25.3. The summed E-state index contributed by atoms with van der Waals surface area (Å²) in [6.07, 6.45) is 11.7. The van der Waals surface area contributed by atoms with E-state index in [-0.39, 0.29) is 5.91 Å².